The Kier molecular flexibility index (Phi) is 3.75. The molecule has 0 aliphatic carbocycles. The van der Waals surface area contributed by atoms with Gasteiger partial charge in [-0.05, 0) is 30.7 Å². The summed E-state index contributed by atoms with van der Waals surface area (Å²) < 4.78 is 1.98. The summed E-state index contributed by atoms with van der Waals surface area (Å²) in [6.07, 6.45) is 5.09. The Bertz CT molecular complexity index is 677. The second-order valence-corrected chi connectivity index (χ2v) is 5.41. The molecule has 0 N–H and O–H groups in total. The number of nitrogens with zero attached hydrogens (tertiary/aromatic N) is 4. The quantitative estimate of drug-likeness (QED) is 0.801. The smallest absolute Gasteiger partial charge is 0.247 e. The minimum Gasteiger partial charge on any atom is -0.327 e. The summed E-state index contributed by atoms with van der Waals surface area (Å²) in [6.45, 7) is 3.36. The SMILES string of the molecule is CC1c2nncn2CCN1C(=O)/C=C/c1ccc(Cl)cc1. The first-order chi connectivity index (χ1) is 10.1. The van der Waals surface area contributed by atoms with Gasteiger partial charge in [-0.25, -0.2) is 0 Å². The normalized spacial score (nSPS) is 18.0. The standard InChI is InChI=1S/C15H15ClN4O/c1-11-15-18-17-10-19(15)8-9-20(11)14(21)7-4-12-2-5-13(16)6-3-12/h2-7,10-11H,8-9H2,1H3/b7-4+. The number of rotatable bonds is 2. The highest BCUT2D eigenvalue weighted by Gasteiger charge is 2.27. The molecule has 1 aliphatic rings. The van der Waals surface area contributed by atoms with Crippen LogP contribution in [-0.4, -0.2) is 32.1 Å². The molecule has 1 unspecified atom stereocenters. The van der Waals surface area contributed by atoms with Gasteiger partial charge in [0.25, 0.3) is 0 Å². The molecule has 21 heavy (non-hydrogen) atoms. The number of aromatic nitrogens is 3. The third-order valence-corrected chi connectivity index (χ3v) is 3.89. The van der Waals surface area contributed by atoms with E-state index in [4.69, 9.17) is 11.6 Å². The Balaban J connectivity index is 1.73. The molecule has 0 radical (unpaired) electrons. The lowest BCUT2D eigenvalue weighted by Crippen LogP contribution is -2.40. The van der Waals surface area contributed by atoms with E-state index in [0.29, 0.717) is 11.6 Å². The van der Waals surface area contributed by atoms with E-state index in [0.717, 1.165) is 17.9 Å². The van der Waals surface area contributed by atoms with Crippen molar-refractivity contribution >= 4 is 23.6 Å². The Morgan fingerprint density at radius 2 is 2.10 bits per heavy atom. The van der Waals surface area contributed by atoms with E-state index in [-0.39, 0.29) is 11.9 Å². The molecule has 0 saturated heterocycles. The molecule has 2 heterocycles. The van der Waals surface area contributed by atoms with Crippen LogP contribution in [0.2, 0.25) is 5.02 Å². The fourth-order valence-corrected chi connectivity index (χ4v) is 2.57. The maximum atomic E-state index is 12.3. The molecule has 3 rings (SSSR count). The lowest BCUT2D eigenvalue weighted by molar-refractivity contribution is -0.129. The van der Waals surface area contributed by atoms with Gasteiger partial charge in [0.15, 0.2) is 5.82 Å². The maximum Gasteiger partial charge on any atom is 0.247 e. The van der Waals surface area contributed by atoms with Gasteiger partial charge in [0.1, 0.15) is 6.33 Å². The minimum absolute atomic E-state index is 0.0216. The molecule has 0 spiro atoms. The van der Waals surface area contributed by atoms with Crippen LogP contribution in [0.4, 0.5) is 0 Å². The van der Waals surface area contributed by atoms with Crippen LogP contribution in [0.1, 0.15) is 24.4 Å². The van der Waals surface area contributed by atoms with Gasteiger partial charge in [-0.2, -0.15) is 0 Å². The predicted octanol–water partition coefficient (Wildman–Crippen LogP) is 2.55. The number of carbonyl (C=O) groups is 1. The summed E-state index contributed by atoms with van der Waals surface area (Å²) >= 11 is 5.84. The molecule has 1 aliphatic heterocycles. The van der Waals surface area contributed by atoms with E-state index in [2.05, 4.69) is 10.2 Å². The fraction of sp³-hybridized carbons (Fsp3) is 0.267. The largest absolute Gasteiger partial charge is 0.327 e. The van der Waals surface area contributed by atoms with Crippen molar-refractivity contribution < 1.29 is 4.79 Å². The second kappa shape index (κ2) is 5.69. The van der Waals surface area contributed by atoms with Crippen LogP contribution < -0.4 is 0 Å². The zero-order valence-corrected chi connectivity index (χ0v) is 12.4. The third kappa shape index (κ3) is 2.83. The second-order valence-electron chi connectivity index (χ2n) is 4.98. The van der Waals surface area contributed by atoms with E-state index in [1.54, 1.807) is 35.5 Å². The lowest BCUT2D eigenvalue weighted by Gasteiger charge is -2.32. The Morgan fingerprint density at radius 3 is 2.86 bits per heavy atom. The number of halogens is 1. The molecule has 2 aromatic rings. The molecular weight excluding hydrogens is 288 g/mol. The fourth-order valence-electron chi connectivity index (χ4n) is 2.45. The first-order valence-electron chi connectivity index (χ1n) is 6.77. The average molecular weight is 303 g/mol. The molecule has 0 bridgehead atoms. The zero-order chi connectivity index (χ0) is 14.8. The van der Waals surface area contributed by atoms with Gasteiger partial charge >= 0.3 is 0 Å². The van der Waals surface area contributed by atoms with Crippen LogP contribution in [0.3, 0.4) is 0 Å². The molecule has 6 heteroatoms. The Labute approximate surface area is 127 Å². The summed E-state index contributed by atoms with van der Waals surface area (Å²) in [7, 11) is 0. The van der Waals surface area contributed by atoms with Crippen molar-refractivity contribution in [2.45, 2.75) is 19.5 Å². The minimum atomic E-state index is -0.0661. The van der Waals surface area contributed by atoms with Gasteiger partial charge in [0.05, 0.1) is 6.04 Å². The highest BCUT2D eigenvalue weighted by molar-refractivity contribution is 6.30. The number of amides is 1. The molecule has 1 aromatic heterocycles. The van der Waals surface area contributed by atoms with Gasteiger partial charge in [0.2, 0.25) is 5.91 Å². The van der Waals surface area contributed by atoms with E-state index < -0.39 is 0 Å². The molecule has 1 amide bonds. The lowest BCUT2D eigenvalue weighted by atomic mass is 10.1. The summed E-state index contributed by atoms with van der Waals surface area (Å²) in [5, 5.41) is 8.66. The Hall–Kier alpha value is -2.14. The maximum absolute atomic E-state index is 12.3. The number of hydrogen-bond acceptors (Lipinski definition) is 3. The van der Waals surface area contributed by atoms with E-state index in [1.807, 2.05) is 23.6 Å². The molecule has 1 aromatic carbocycles. The van der Waals surface area contributed by atoms with Crippen molar-refractivity contribution in [3.63, 3.8) is 0 Å². The van der Waals surface area contributed by atoms with Gasteiger partial charge < -0.3 is 9.47 Å². The van der Waals surface area contributed by atoms with Crippen molar-refractivity contribution in [2.75, 3.05) is 6.54 Å². The van der Waals surface area contributed by atoms with Crippen molar-refractivity contribution in [1.29, 1.82) is 0 Å². The van der Waals surface area contributed by atoms with E-state index in [9.17, 15) is 4.79 Å². The number of hydrogen-bond donors (Lipinski definition) is 0. The Morgan fingerprint density at radius 1 is 1.33 bits per heavy atom. The predicted molar refractivity (Wildman–Crippen MR) is 80.6 cm³/mol. The van der Waals surface area contributed by atoms with Gasteiger partial charge in [-0.15, -0.1) is 10.2 Å². The van der Waals surface area contributed by atoms with E-state index in [1.165, 1.54) is 0 Å². The number of fused-ring (bicyclic) bond motifs is 1. The molecule has 0 fully saturated rings. The van der Waals surface area contributed by atoms with Crippen LogP contribution in [0.15, 0.2) is 36.7 Å². The summed E-state index contributed by atoms with van der Waals surface area (Å²) in [6, 6.07) is 7.30. The molecule has 1 atom stereocenters. The first-order valence-corrected chi connectivity index (χ1v) is 7.15. The van der Waals surface area contributed by atoms with Crippen LogP contribution in [0, 0.1) is 0 Å². The monoisotopic (exact) mass is 302 g/mol. The highest BCUT2D eigenvalue weighted by Crippen LogP contribution is 2.23. The average Bonchev–Trinajstić information content (AvgIpc) is 2.96. The van der Waals surface area contributed by atoms with Crippen LogP contribution in [-0.2, 0) is 11.3 Å². The topological polar surface area (TPSA) is 51.0 Å². The molecule has 0 saturated carbocycles. The zero-order valence-electron chi connectivity index (χ0n) is 11.6. The van der Waals surface area contributed by atoms with Crippen molar-refractivity contribution in [2.24, 2.45) is 0 Å². The van der Waals surface area contributed by atoms with Gasteiger partial charge in [-0.3, -0.25) is 4.79 Å². The molecule has 5 nitrogen and oxygen atoms in total. The van der Waals surface area contributed by atoms with Gasteiger partial charge in [-0.1, -0.05) is 23.7 Å². The highest BCUT2D eigenvalue weighted by atomic mass is 35.5. The first kappa shape index (κ1) is 13.8. The van der Waals surface area contributed by atoms with Crippen LogP contribution >= 0.6 is 11.6 Å². The van der Waals surface area contributed by atoms with Crippen LogP contribution in [0.5, 0.6) is 0 Å². The molecular formula is C15H15ClN4O. The molecule has 108 valence electrons. The van der Waals surface area contributed by atoms with Gasteiger partial charge in [0, 0.05) is 24.2 Å². The number of carbonyl (C=O) groups excluding carboxylic acids is 1. The van der Waals surface area contributed by atoms with Crippen molar-refractivity contribution in [3.05, 3.63) is 53.1 Å². The van der Waals surface area contributed by atoms with Crippen LogP contribution in [0.25, 0.3) is 6.08 Å². The summed E-state index contributed by atoms with van der Waals surface area (Å²) in [5.41, 5.74) is 0.945. The van der Waals surface area contributed by atoms with E-state index >= 15 is 0 Å². The number of benzene rings is 1. The summed E-state index contributed by atoms with van der Waals surface area (Å²) in [4.78, 5) is 14.1. The van der Waals surface area contributed by atoms with Crippen molar-refractivity contribution in [3.8, 4) is 0 Å². The third-order valence-electron chi connectivity index (χ3n) is 3.64. The summed E-state index contributed by atoms with van der Waals surface area (Å²) in [5.74, 6) is 0.807. The van der Waals surface area contributed by atoms with Crippen molar-refractivity contribution in [1.82, 2.24) is 19.7 Å².